The summed E-state index contributed by atoms with van der Waals surface area (Å²) in [6.45, 7) is 1.77. The van der Waals surface area contributed by atoms with E-state index in [-0.39, 0.29) is 0 Å². The van der Waals surface area contributed by atoms with E-state index >= 15 is 0 Å². The highest BCUT2D eigenvalue weighted by molar-refractivity contribution is 5.98. The zero-order chi connectivity index (χ0) is 22.1. The smallest absolute Gasteiger partial charge is 0.245 e. The number of benzene rings is 2. The van der Waals surface area contributed by atoms with E-state index in [0.29, 0.717) is 6.54 Å². The van der Waals surface area contributed by atoms with Crippen LogP contribution in [0, 0.1) is 6.92 Å². The average Bonchev–Trinajstić information content (AvgIpc) is 3.23. The molecule has 0 saturated carbocycles. The van der Waals surface area contributed by atoms with Crippen LogP contribution in [0.3, 0.4) is 0 Å². The fraction of sp³-hybridized carbons (Fsp3) is 0.120. The van der Waals surface area contributed by atoms with Gasteiger partial charge in [0.05, 0.1) is 11.2 Å². The summed E-state index contributed by atoms with van der Waals surface area (Å²) >= 11 is 0. The van der Waals surface area contributed by atoms with Crippen molar-refractivity contribution in [2.75, 3.05) is 6.61 Å². The first-order chi connectivity index (χ1) is 15.6. The summed E-state index contributed by atoms with van der Waals surface area (Å²) in [6.07, 6.45) is 1.94. The Labute approximate surface area is 184 Å². The van der Waals surface area contributed by atoms with Crippen LogP contribution in [0.5, 0.6) is 0 Å². The van der Waals surface area contributed by atoms with Crippen LogP contribution < -0.4 is 5.32 Å². The molecule has 158 valence electrons. The van der Waals surface area contributed by atoms with Gasteiger partial charge in [-0.3, -0.25) is 9.20 Å². The number of hydrogen-bond donors (Lipinski definition) is 2. The number of nitrogens with zero attached hydrogens (tertiary/aromatic N) is 4. The Morgan fingerprint density at radius 1 is 1.00 bits per heavy atom. The number of amides is 1. The second-order valence-electron chi connectivity index (χ2n) is 7.57. The summed E-state index contributed by atoms with van der Waals surface area (Å²) in [7, 11) is 0. The molecular weight excluding hydrogens is 402 g/mol. The summed E-state index contributed by atoms with van der Waals surface area (Å²) in [5, 5.41) is 21.1. The van der Waals surface area contributed by atoms with Crippen LogP contribution in [0.15, 0.2) is 72.9 Å². The molecule has 0 fully saturated rings. The van der Waals surface area contributed by atoms with Gasteiger partial charge in [0.2, 0.25) is 5.91 Å². The van der Waals surface area contributed by atoms with E-state index in [2.05, 4.69) is 33.7 Å². The van der Waals surface area contributed by atoms with Crippen molar-refractivity contribution < 1.29 is 9.90 Å². The van der Waals surface area contributed by atoms with Gasteiger partial charge in [-0.1, -0.05) is 54.6 Å². The number of fused-ring (bicyclic) bond motifs is 3. The fourth-order valence-corrected chi connectivity index (χ4v) is 3.81. The highest BCUT2D eigenvalue weighted by Gasteiger charge is 2.15. The van der Waals surface area contributed by atoms with Crippen LogP contribution in [-0.4, -0.2) is 37.2 Å². The van der Waals surface area contributed by atoms with Gasteiger partial charge in [-0.15, -0.1) is 10.2 Å². The van der Waals surface area contributed by atoms with Crippen molar-refractivity contribution in [2.45, 2.75) is 13.5 Å². The molecule has 2 aromatic carbocycles. The maximum Gasteiger partial charge on any atom is 0.245 e. The van der Waals surface area contributed by atoms with Crippen molar-refractivity contribution in [1.29, 1.82) is 0 Å². The van der Waals surface area contributed by atoms with Gasteiger partial charge >= 0.3 is 0 Å². The molecule has 0 unspecified atom stereocenters. The van der Waals surface area contributed by atoms with Gasteiger partial charge in [0.25, 0.3) is 0 Å². The van der Waals surface area contributed by atoms with Crippen LogP contribution in [0.1, 0.15) is 11.4 Å². The van der Waals surface area contributed by atoms with Crippen molar-refractivity contribution in [1.82, 2.24) is 24.9 Å². The Hall–Kier alpha value is -4.10. The number of carbonyl (C=O) groups excluding carboxylic acids is 1. The first-order valence-electron chi connectivity index (χ1n) is 10.3. The van der Waals surface area contributed by atoms with Crippen LogP contribution in [0.2, 0.25) is 0 Å². The molecule has 2 N–H and O–H groups in total. The molecule has 0 aliphatic rings. The third kappa shape index (κ3) is 3.59. The lowest BCUT2D eigenvalue weighted by Gasteiger charge is -2.13. The highest BCUT2D eigenvalue weighted by atomic mass is 16.3. The second-order valence-corrected chi connectivity index (χ2v) is 7.57. The molecule has 1 amide bonds. The Kier molecular flexibility index (Phi) is 5.09. The van der Waals surface area contributed by atoms with Crippen LogP contribution in [-0.2, 0) is 11.3 Å². The third-order valence-electron chi connectivity index (χ3n) is 5.49. The van der Waals surface area contributed by atoms with Crippen LogP contribution in [0.4, 0.5) is 0 Å². The predicted octanol–water partition coefficient (Wildman–Crippen LogP) is 3.53. The largest absolute Gasteiger partial charge is 0.387 e. The number of aryl methyl sites for hydroxylation is 1. The van der Waals surface area contributed by atoms with Crippen LogP contribution in [0.25, 0.3) is 38.9 Å². The molecule has 3 aromatic heterocycles. The second kappa shape index (κ2) is 8.20. The number of carbonyl (C=O) groups is 1. The topological polar surface area (TPSA) is 92.4 Å². The number of aliphatic hydroxyl groups is 1. The lowest BCUT2D eigenvalue weighted by atomic mass is 9.97. The molecule has 3 heterocycles. The van der Waals surface area contributed by atoms with Crippen molar-refractivity contribution in [3.8, 4) is 22.4 Å². The van der Waals surface area contributed by atoms with Crippen molar-refractivity contribution >= 4 is 22.5 Å². The molecule has 0 saturated heterocycles. The van der Waals surface area contributed by atoms with Gasteiger partial charge in [0, 0.05) is 29.3 Å². The molecule has 5 rings (SSSR count). The van der Waals surface area contributed by atoms with Crippen molar-refractivity contribution in [2.24, 2.45) is 0 Å². The van der Waals surface area contributed by atoms with E-state index in [0.717, 1.165) is 50.3 Å². The molecule has 0 atom stereocenters. The number of aromatic nitrogens is 4. The maximum absolute atomic E-state index is 11.3. The number of pyridine rings is 2. The minimum absolute atomic E-state index is 0.362. The molecular formula is C25H21N5O2. The van der Waals surface area contributed by atoms with Crippen LogP contribution >= 0.6 is 0 Å². The number of aliphatic hydroxyl groups excluding tert-OH is 1. The molecule has 7 heteroatoms. The predicted molar refractivity (Wildman–Crippen MR) is 123 cm³/mol. The van der Waals surface area contributed by atoms with E-state index < -0.39 is 12.5 Å². The Morgan fingerprint density at radius 2 is 1.78 bits per heavy atom. The third-order valence-corrected chi connectivity index (χ3v) is 5.49. The quantitative estimate of drug-likeness (QED) is 0.451. The minimum atomic E-state index is -0.516. The first kappa shape index (κ1) is 19.8. The van der Waals surface area contributed by atoms with E-state index in [1.54, 1.807) is 0 Å². The zero-order valence-corrected chi connectivity index (χ0v) is 17.5. The molecule has 0 radical (unpaired) electrons. The maximum atomic E-state index is 11.3. The van der Waals surface area contributed by atoms with Crippen molar-refractivity contribution in [3.63, 3.8) is 0 Å². The van der Waals surface area contributed by atoms with Gasteiger partial charge in [-0.05, 0) is 30.2 Å². The Balaban J connectivity index is 1.64. The Bertz CT molecular complexity index is 1430. The van der Waals surface area contributed by atoms with E-state index in [1.165, 1.54) is 0 Å². The summed E-state index contributed by atoms with van der Waals surface area (Å²) in [4.78, 5) is 16.3. The number of nitrogens with one attached hydrogen (secondary N) is 1. The summed E-state index contributed by atoms with van der Waals surface area (Å²) in [5.74, 6) is 0.433. The van der Waals surface area contributed by atoms with E-state index in [9.17, 15) is 4.79 Å². The summed E-state index contributed by atoms with van der Waals surface area (Å²) in [6, 6.07) is 22.2. The standard InChI is InChI=1S/C25H21N5O2/c1-16-28-29-25-21-13-20(18-5-3-2-4-6-18)24(27-22(21)11-12-30(16)25)19-9-7-17(8-10-19)14-26-23(32)15-31/h2-13,31H,14-15H2,1H3,(H,26,32). The number of hydrogen-bond acceptors (Lipinski definition) is 5. The molecule has 7 nitrogen and oxygen atoms in total. The minimum Gasteiger partial charge on any atom is -0.387 e. The highest BCUT2D eigenvalue weighted by Crippen LogP contribution is 2.34. The van der Waals surface area contributed by atoms with Crippen molar-refractivity contribution in [3.05, 3.63) is 84.3 Å². The average molecular weight is 423 g/mol. The molecule has 0 aliphatic carbocycles. The molecule has 5 aromatic rings. The molecule has 0 bridgehead atoms. The summed E-state index contributed by atoms with van der Waals surface area (Å²) in [5.41, 5.74) is 6.49. The zero-order valence-electron chi connectivity index (χ0n) is 17.5. The SMILES string of the molecule is Cc1nnc2c3cc(-c4ccccc4)c(-c4ccc(CNC(=O)CO)cc4)nc3ccn12. The Morgan fingerprint density at radius 3 is 2.53 bits per heavy atom. The molecule has 0 aliphatic heterocycles. The molecule has 0 spiro atoms. The van der Waals surface area contributed by atoms with Gasteiger partial charge in [-0.25, -0.2) is 4.98 Å². The fourth-order valence-electron chi connectivity index (χ4n) is 3.81. The lowest BCUT2D eigenvalue weighted by molar-refractivity contribution is -0.123. The number of rotatable bonds is 5. The van der Waals surface area contributed by atoms with E-state index in [1.807, 2.05) is 66.1 Å². The van der Waals surface area contributed by atoms with Gasteiger partial charge in [-0.2, -0.15) is 0 Å². The van der Waals surface area contributed by atoms with Gasteiger partial charge < -0.3 is 10.4 Å². The normalized spacial score (nSPS) is 11.2. The summed E-state index contributed by atoms with van der Waals surface area (Å²) < 4.78 is 1.97. The van der Waals surface area contributed by atoms with Gasteiger partial charge in [0.1, 0.15) is 12.4 Å². The van der Waals surface area contributed by atoms with Gasteiger partial charge in [0.15, 0.2) is 5.65 Å². The monoisotopic (exact) mass is 423 g/mol. The molecule has 32 heavy (non-hydrogen) atoms. The lowest BCUT2D eigenvalue weighted by Crippen LogP contribution is -2.25. The first-order valence-corrected chi connectivity index (χ1v) is 10.3. The van der Waals surface area contributed by atoms with E-state index in [4.69, 9.17) is 10.1 Å².